The number of aromatic nitrogens is 3. The van der Waals surface area contributed by atoms with Crippen molar-refractivity contribution in [3.63, 3.8) is 0 Å². The van der Waals surface area contributed by atoms with Gasteiger partial charge in [0.15, 0.2) is 7.14 Å². The van der Waals surface area contributed by atoms with Crippen LogP contribution in [0.4, 0.5) is 0 Å². The second-order valence-electron chi connectivity index (χ2n) is 10.5. The van der Waals surface area contributed by atoms with Crippen LogP contribution in [0.2, 0.25) is 0 Å². The number of hydrogen-bond donors (Lipinski definition) is 0. The molecule has 0 fully saturated rings. The summed E-state index contributed by atoms with van der Waals surface area (Å²) in [6.07, 6.45) is 0. The molecule has 0 atom stereocenters. The van der Waals surface area contributed by atoms with Crippen LogP contribution in [0.3, 0.4) is 0 Å². The molecule has 3 aromatic heterocycles. The Bertz CT molecular complexity index is 1740. The Kier molecular flexibility index (Phi) is 7.16. The van der Waals surface area contributed by atoms with Gasteiger partial charge in [-0.25, -0.2) is 0 Å². The van der Waals surface area contributed by atoms with E-state index in [-0.39, 0.29) is 0 Å². The SMILES string of the molecule is COCc1c(P(=O)(c2c(COC)n(C)c3ccccc23)c2c(COC)n(C)c3ccccc23)c2ccccc2n1C. The van der Waals surface area contributed by atoms with E-state index < -0.39 is 7.14 Å². The van der Waals surface area contributed by atoms with Crippen molar-refractivity contribution in [3.05, 3.63) is 89.9 Å². The number of hydrogen-bond acceptors (Lipinski definition) is 4. The summed E-state index contributed by atoms with van der Waals surface area (Å²) in [7, 11) is 7.51. The predicted molar refractivity (Wildman–Crippen MR) is 167 cm³/mol. The summed E-state index contributed by atoms with van der Waals surface area (Å²) in [6.45, 7) is 0.956. The Hall–Kier alpha value is -3.61. The third-order valence-corrected chi connectivity index (χ3v) is 11.8. The Morgan fingerprint density at radius 3 is 1.05 bits per heavy atom. The predicted octanol–water partition coefficient (Wildman–Crippen LogP) is 5.24. The third kappa shape index (κ3) is 3.95. The summed E-state index contributed by atoms with van der Waals surface area (Å²) in [5.74, 6) is 0. The molecule has 3 aromatic carbocycles. The van der Waals surface area contributed by atoms with Crippen LogP contribution < -0.4 is 15.9 Å². The van der Waals surface area contributed by atoms with Crippen molar-refractivity contribution in [2.75, 3.05) is 21.3 Å². The number of methoxy groups -OCH3 is 3. The van der Waals surface area contributed by atoms with Crippen LogP contribution in [0.25, 0.3) is 32.7 Å². The molecule has 6 aromatic rings. The molecular formula is C33H36N3O4P. The highest BCUT2D eigenvalue weighted by Crippen LogP contribution is 2.52. The van der Waals surface area contributed by atoms with Gasteiger partial charge < -0.3 is 32.5 Å². The fraction of sp³-hybridized carbons (Fsp3) is 0.273. The summed E-state index contributed by atoms with van der Waals surface area (Å²) in [4.78, 5) is 0. The molecule has 7 nitrogen and oxygen atoms in total. The van der Waals surface area contributed by atoms with E-state index in [9.17, 15) is 0 Å². The van der Waals surface area contributed by atoms with Gasteiger partial charge in [0, 0.05) is 75.2 Å². The number of nitrogens with zero attached hydrogens (tertiary/aromatic N) is 3. The minimum atomic E-state index is -3.65. The first kappa shape index (κ1) is 27.6. The van der Waals surface area contributed by atoms with Gasteiger partial charge in [0.25, 0.3) is 0 Å². The molecule has 0 aliphatic carbocycles. The van der Waals surface area contributed by atoms with Gasteiger partial charge in [-0.15, -0.1) is 0 Å². The third-order valence-electron chi connectivity index (χ3n) is 8.38. The molecule has 0 saturated carbocycles. The molecule has 0 bridgehead atoms. The molecule has 0 N–H and O–H groups in total. The van der Waals surface area contributed by atoms with Gasteiger partial charge in [-0.05, 0) is 18.2 Å². The molecule has 0 aliphatic rings. The fourth-order valence-electron chi connectivity index (χ4n) is 6.57. The van der Waals surface area contributed by atoms with E-state index in [0.717, 1.165) is 65.7 Å². The summed E-state index contributed by atoms with van der Waals surface area (Å²) in [5, 5.41) is 5.29. The minimum Gasteiger partial charge on any atom is -0.378 e. The first-order valence-electron chi connectivity index (χ1n) is 13.7. The molecule has 0 radical (unpaired) electrons. The maximum absolute atomic E-state index is 17.0. The van der Waals surface area contributed by atoms with E-state index in [2.05, 4.69) is 50.1 Å². The fourth-order valence-corrected chi connectivity index (χ4v) is 10.6. The van der Waals surface area contributed by atoms with Gasteiger partial charge >= 0.3 is 0 Å². The van der Waals surface area contributed by atoms with Crippen LogP contribution in [-0.2, 0) is 59.7 Å². The highest BCUT2D eigenvalue weighted by atomic mass is 31.2. The van der Waals surface area contributed by atoms with Crippen molar-refractivity contribution in [3.8, 4) is 0 Å². The van der Waals surface area contributed by atoms with E-state index in [1.165, 1.54) is 0 Å². The van der Waals surface area contributed by atoms with Crippen molar-refractivity contribution < 1.29 is 18.8 Å². The first-order chi connectivity index (χ1) is 19.9. The van der Waals surface area contributed by atoms with Crippen LogP contribution in [-0.4, -0.2) is 35.0 Å². The lowest BCUT2D eigenvalue weighted by atomic mass is 10.2. The highest BCUT2D eigenvalue weighted by molar-refractivity contribution is 7.86. The van der Waals surface area contributed by atoms with E-state index in [0.29, 0.717) is 19.8 Å². The van der Waals surface area contributed by atoms with Gasteiger partial charge in [-0.1, -0.05) is 54.6 Å². The maximum atomic E-state index is 17.0. The van der Waals surface area contributed by atoms with E-state index >= 15 is 4.57 Å². The quantitative estimate of drug-likeness (QED) is 0.224. The number of aryl methyl sites for hydroxylation is 3. The van der Waals surface area contributed by atoms with E-state index in [1.54, 1.807) is 21.3 Å². The molecule has 212 valence electrons. The number of ether oxygens (including phenoxy) is 3. The Morgan fingerprint density at radius 2 is 0.780 bits per heavy atom. The van der Waals surface area contributed by atoms with Crippen LogP contribution in [0.5, 0.6) is 0 Å². The van der Waals surface area contributed by atoms with Gasteiger partial charge in [0.05, 0.1) is 52.8 Å². The average molecular weight is 570 g/mol. The summed E-state index contributed by atoms with van der Waals surface area (Å²) in [6, 6.07) is 24.6. The largest absolute Gasteiger partial charge is 0.378 e. The van der Waals surface area contributed by atoms with Crippen molar-refractivity contribution in [2.24, 2.45) is 21.1 Å². The minimum absolute atomic E-state index is 0.319. The van der Waals surface area contributed by atoms with Crippen LogP contribution >= 0.6 is 7.14 Å². The summed E-state index contributed by atoms with van der Waals surface area (Å²) < 4.78 is 40.7. The molecule has 41 heavy (non-hydrogen) atoms. The van der Waals surface area contributed by atoms with Crippen molar-refractivity contribution in [1.82, 2.24) is 13.7 Å². The van der Waals surface area contributed by atoms with Crippen LogP contribution in [0.15, 0.2) is 72.8 Å². The van der Waals surface area contributed by atoms with Crippen molar-refractivity contribution in [1.29, 1.82) is 0 Å². The number of rotatable bonds is 9. The van der Waals surface area contributed by atoms with Gasteiger partial charge in [0.2, 0.25) is 0 Å². The lowest BCUT2D eigenvalue weighted by molar-refractivity contribution is 0.179. The molecule has 0 saturated heterocycles. The normalized spacial score (nSPS) is 12.3. The maximum Gasteiger partial charge on any atom is 0.178 e. The second-order valence-corrected chi connectivity index (χ2v) is 13.1. The van der Waals surface area contributed by atoms with Crippen molar-refractivity contribution >= 4 is 55.8 Å². The van der Waals surface area contributed by atoms with Crippen LogP contribution in [0, 0.1) is 0 Å². The molecule has 8 heteroatoms. The van der Waals surface area contributed by atoms with E-state index in [4.69, 9.17) is 14.2 Å². The Morgan fingerprint density at radius 1 is 0.512 bits per heavy atom. The monoisotopic (exact) mass is 569 g/mol. The number of para-hydroxylation sites is 3. The average Bonchev–Trinajstić information content (AvgIpc) is 3.55. The number of fused-ring (bicyclic) bond motifs is 3. The Balaban J connectivity index is 1.92. The second kappa shape index (κ2) is 10.7. The van der Waals surface area contributed by atoms with Gasteiger partial charge in [0.1, 0.15) is 0 Å². The molecule has 3 heterocycles. The molecule has 0 aliphatic heterocycles. The zero-order chi connectivity index (χ0) is 28.9. The molecule has 6 rings (SSSR count). The zero-order valence-electron chi connectivity index (χ0n) is 24.5. The summed E-state index contributed by atoms with van der Waals surface area (Å²) >= 11 is 0. The Labute approximate surface area is 240 Å². The van der Waals surface area contributed by atoms with Gasteiger partial charge in [-0.2, -0.15) is 0 Å². The smallest absolute Gasteiger partial charge is 0.178 e. The standard InChI is InChI=1S/C33H36N3O4P/c1-34-25-16-10-7-13-22(25)31(28(34)19-38-4)41(37,32-23-14-8-11-17-26(23)35(2)29(32)20-39-5)33-24-15-9-12-18-27(24)36(3)30(33)21-40-6/h7-18H,19-21H2,1-6H3. The van der Waals surface area contributed by atoms with Crippen LogP contribution in [0.1, 0.15) is 17.1 Å². The topological polar surface area (TPSA) is 59.5 Å². The highest BCUT2D eigenvalue weighted by Gasteiger charge is 2.44. The van der Waals surface area contributed by atoms with Crippen molar-refractivity contribution in [2.45, 2.75) is 19.8 Å². The van der Waals surface area contributed by atoms with Gasteiger partial charge in [-0.3, -0.25) is 0 Å². The first-order valence-corrected chi connectivity index (χ1v) is 15.4. The summed E-state index contributed by atoms with van der Waals surface area (Å²) in [5.41, 5.74) is 5.71. The molecular weight excluding hydrogens is 533 g/mol. The molecule has 0 amide bonds. The lowest BCUT2D eigenvalue weighted by Crippen LogP contribution is -2.32. The zero-order valence-corrected chi connectivity index (χ0v) is 25.4. The molecule has 0 unspecified atom stereocenters. The molecule has 0 spiro atoms. The van der Waals surface area contributed by atoms with E-state index in [1.807, 2.05) is 57.5 Å². The lowest BCUT2D eigenvalue weighted by Gasteiger charge is -2.24. The number of benzene rings is 3.